The first-order chi connectivity index (χ1) is 17.8. The summed E-state index contributed by atoms with van der Waals surface area (Å²) >= 11 is 24.1. The molecule has 6 nitrogen and oxygen atoms in total. The first kappa shape index (κ1) is 26.6. The Labute approximate surface area is 243 Å². The molecule has 0 bridgehead atoms. The number of thiazole rings is 2. The maximum absolute atomic E-state index is 12.5. The molecule has 13 heteroatoms. The van der Waals surface area contributed by atoms with Crippen LogP contribution in [0.2, 0.25) is 15.1 Å². The molecule has 5 rings (SSSR count). The van der Waals surface area contributed by atoms with Crippen molar-refractivity contribution in [2.45, 2.75) is 8.68 Å². The van der Waals surface area contributed by atoms with Gasteiger partial charge in [-0.25, -0.2) is 9.97 Å². The minimum Gasteiger partial charge on any atom is -0.325 e. The summed E-state index contributed by atoms with van der Waals surface area (Å²) < 4.78 is 3.59. The number of hydrogen-bond acceptors (Lipinski definition) is 8. The first-order valence-electron chi connectivity index (χ1n) is 10.6. The minimum absolute atomic E-state index is 0.178. The average Bonchev–Trinajstić information content (AvgIpc) is 3.45. The van der Waals surface area contributed by atoms with E-state index in [0.29, 0.717) is 26.4 Å². The fourth-order valence-electron chi connectivity index (χ4n) is 3.21. The molecule has 0 atom stereocenters. The Morgan fingerprint density at radius 3 is 1.81 bits per heavy atom. The van der Waals surface area contributed by atoms with Crippen molar-refractivity contribution in [1.29, 1.82) is 0 Å². The number of aromatic nitrogens is 2. The Morgan fingerprint density at radius 1 is 0.730 bits per heavy atom. The van der Waals surface area contributed by atoms with Gasteiger partial charge in [0.15, 0.2) is 8.68 Å². The van der Waals surface area contributed by atoms with E-state index in [-0.39, 0.29) is 23.3 Å². The van der Waals surface area contributed by atoms with Gasteiger partial charge in [-0.15, -0.1) is 22.7 Å². The number of carbonyl (C=O) groups excluding carboxylic acids is 2. The third kappa shape index (κ3) is 6.88. The van der Waals surface area contributed by atoms with Crippen molar-refractivity contribution in [3.05, 3.63) is 69.7 Å². The normalized spacial score (nSPS) is 11.2. The lowest BCUT2D eigenvalue weighted by molar-refractivity contribution is -0.114. The van der Waals surface area contributed by atoms with E-state index in [1.807, 2.05) is 24.3 Å². The SMILES string of the molecule is O=C(CSc1nc2cc(Cl)ccc2s1)Nc1ccc(NC(=O)CSc2nc3cc(Cl)ccc3s2)c(Cl)c1. The van der Waals surface area contributed by atoms with E-state index in [2.05, 4.69) is 20.6 Å². The van der Waals surface area contributed by atoms with Crippen LogP contribution >= 0.6 is 81.0 Å². The molecule has 0 unspecified atom stereocenters. The number of halogens is 3. The topological polar surface area (TPSA) is 84.0 Å². The fraction of sp³-hybridized carbons (Fsp3) is 0.0833. The summed E-state index contributed by atoms with van der Waals surface area (Å²) in [5.41, 5.74) is 2.62. The summed E-state index contributed by atoms with van der Waals surface area (Å²) in [4.78, 5) is 33.9. The number of nitrogens with zero attached hydrogens (tertiary/aromatic N) is 2. The summed E-state index contributed by atoms with van der Waals surface area (Å²) in [6.45, 7) is 0. The number of benzene rings is 3. The monoisotopic (exact) mass is 624 g/mol. The van der Waals surface area contributed by atoms with Crippen LogP contribution in [0, 0.1) is 0 Å². The molecule has 188 valence electrons. The predicted molar refractivity (Wildman–Crippen MR) is 159 cm³/mol. The molecule has 0 radical (unpaired) electrons. The molecule has 0 aliphatic heterocycles. The number of fused-ring (bicyclic) bond motifs is 2. The van der Waals surface area contributed by atoms with Gasteiger partial charge in [-0.2, -0.15) is 0 Å². The second-order valence-electron chi connectivity index (χ2n) is 7.55. The highest BCUT2D eigenvalue weighted by Gasteiger charge is 2.12. The Balaban J connectivity index is 1.12. The zero-order chi connectivity index (χ0) is 25.9. The number of rotatable bonds is 8. The van der Waals surface area contributed by atoms with Gasteiger partial charge in [-0.1, -0.05) is 58.3 Å². The standard InChI is InChI=1S/C24H15Cl3N4O2S4/c25-12-1-5-19-17(7-12)30-23(36-19)34-10-21(32)28-14-3-4-16(15(27)9-14)29-22(33)11-35-24-31-18-8-13(26)2-6-20(18)37-24/h1-9H,10-11H2,(H,28,32)(H,29,33). The molecule has 3 aromatic carbocycles. The second-order valence-corrected chi connectivity index (χ2v) is 13.3. The summed E-state index contributed by atoms with van der Waals surface area (Å²) in [5.74, 6) is -0.0330. The van der Waals surface area contributed by atoms with Crippen LogP contribution in [-0.4, -0.2) is 33.3 Å². The molecule has 0 saturated carbocycles. The molecular weight excluding hydrogens is 611 g/mol. The van der Waals surface area contributed by atoms with Gasteiger partial charge in [0, 0.05) is 15.7 Å². The maximum Gasteiger partial charge on any atom is 0.234 e. The molecule has 0 spiro atoms. The molecule has 2 heterocycles. The Bertz CT molecular complexity index is 1640. The lowest BCUT2D eigenvalue weighted by Gasteiger charge is -2.10. The molecule has 2 aromatic heterocycles. The number of hydrogen-bond donors (Lipinski definition) is 2. The van der Waals surface area contributed by atoms with Crippen molar-refractivity contribution in [3.63, 3.8) is 0 Å². The lowest BCUT2D eigenvalue weighted by atomic mass is 10.2. The van der Waals surface area contributed by atoms with Crippen LogP contribution in [0.3, 0.4) is 0 Å². The fourth-order valence-corrected chi connectivity index (χ4v) is 7.47. The van der Waals surface area contributed by atoms with E-state index in [4.69, 9.17) is 34.8 Å². The smallest absolute Gasteiger partial charge is 0.234 e. The van der Waals surface area contributed by atoms with Crippen molar-refractivity contribution >= 4 is 125 Å². The van der Waals surface area contributed by atoms with Gasteiger partial charge in [0.05, 0.1) is 42.6 Å². The van der Waals surface area contributed by atoms with Crippen molar-refractivity contribution in [3.8, 4) is 0 Å². The van der Waals surface area contributed by atoms with E-state index >= 15 is 0 Å². The lowest BCUT2D eigenvalue weighted by Crippen LogP contribution is -2.15. The van der Waals surface area contributed by atoms with Crippen molar-refractivity contribution in [2.24, 2.45) is 0 Å². The van der Waals surface area contributed by atoms with Crippen LogP contribution in [0.15, 0.2) is 63.3 Å². The molecule has 37 heavy (non-hydrogen) atoms. The molecule has 2 amide bonds. The molecule has 0 aliphatic carbocycles. The quantitative estimate of drug-likeness (QED) is 0.169. The van der Waals surface area contributed by atoms with Crippen LogP contribution in [0.25, 0.3) is 20.4 Å². The van der Waals surface area contributed by atoms with Gasteiger partial charge >= 0.3 is 0 Å². The molecule has 2 N–H and O–H groups in total. The highest BCUT2D eigenvalue weighted by atomic mass is 35.5. The number of anilines is 2. The third-order valence-electron chi connectivity index (χ3n) is 4.84. The second kappa shape index (κ2) is 11.8. The van der Waals surface area contributed by atoms with E-state index in [0.717, 1.165) is 29.1 Å². The van der Waals surface area contributed by atoms with Gasteiger partial charge in [-0.3, -0.25) is 9.59 Å². The highest BCUT2D eigenvalue weighted by Crippen LogP contribution is 2.33. The van der Waals surface area contributed by atoms with E-state index in [1.165, 1.54) is 46.2 Å². The Morgan fingerprint density at radius 2 is 1.27 bits per heavy atom. The minimum atomic E-state index is -0.213. The zero-order valence-corrected chi connectivity index (χ0v) is 24.1. The van der Waals surface area contributed by atoms with Gasteiger partial charge in [0.25, 0.3) is 0 Å². The van der Waals surface area contributed by atoms with Crippen LogP contribution in [0.5, 0.6) is 0 Å². The molecular formula is C24H15Cl3N4O2S4. The van der Waals surface area contributed by atoms with Crippen LogP contribution in [0.1, 0.15) is 0 Å². The molecule has 0 fully saturated rings. The maximum atomic E-state index is 12.5. The summed E-state index contributed by atoms with van der Waals surface area (Å²) in [7, 11) is 0. The summed E-state index contributed by atoms with van der Waals surface area (Å²) in [5, 5.41) is 7.19. The van der Waals surface area contributed by atoms with Gasteiger partial charge < -0.3 is 10.6 Å². The number of amides is 2. The summed E-state index contributed by atoms with van der Waals surface area (Å²) in [6.07, 6.45) is 0. The van der Waals surface area contributed by atoms with E-state index < -0.39 is 0 Å². The number of carbonyl (C=O) groups is 2. The Kier molecular flexibility index (Phi) is 8.45. The van der Waals surface area contributed by atoms with Gasteiger partial charge in [0.2, 0.25) is 11.8 Å². The average molecular weight is 626 g/mol. The zero-order valence-electron chi connectivity index (χ0n) is 18.6. The number of thioether (sulfide) groups is 2. The molecule has 5 aromatic rings. The highest BCUT2D eigenvalue weighted by molar-refractivity contribution is 8.02. The van der Waals surface area contributed by atoms with Crippen molar-refractivity contribution in [2.75, 3.05) is 22.1 Å². The van der Waals surface area contributed by atoms with Crippen LogP contribution < -0.4 is 10.6 Å². The van der Waals surface area contributed by atoms with Gasteiger partial charge in [0.1, 0.15) is 0 Å². The molecule has 0 aliphatic rings. The van der Waals surface area contributed by atoms with E-state index in [9.17, 15) is 9.59 Å². The third-order valence-corrected chi connectivity index (χ3v) is 9.98. The Hall–Kier alpha value is -2.05. The van der Waals surface area contributed by atoms with Crippen LogP contribution in [0.4, 0.5) is 11.4 Å². The number of nitrogens with one attached hydrogen (secondary N) is 2. The first-order valence-corrected chi connectivity index (χ1v) is 15.3. The summed E-state index contributed by atoms with van der Waals surface area (Å²) in [6, 6.07) is 16.0. The van der Waals surface area contributed by atoms with Crippen molar-refractivity contribution in [1.82, 2.24) is 9.97 Å². The largest absolute Gasteiger partial charge is 0.325 e. The van der Waals surface area contributed by atoms with Crippen molar-refractivity contribution < 1.29 is 9.59 Å². The molecule has 0 saturated heterocycles. The van der Waals surface area contributed by atoms with Gasteiger partial charge in [-0.05, 0) is 54.6 Å². The predicted octanol–water partition coefficient (Wildman–Crippen LogP) is 8.33. The van der Waals surface area contributed by atoms with E-state index in [1.54, 1.807) is 30.3 Å². The van der Waals surface area contributed by atoms with Crippen LogP contribution in [-0.2, 0) is 9.59 Å².